The van der Waals surface area contributed by atoms with Crippen LogP contribution in [0.5, 0.6) is 5.75 Å². The number of piperidine rings is 2. The molecule has 0 saturated carbocycles. The highest BCUT2D eigenvalue weighted by atomic mass is 19.1. The van der Waals surface area contributed by atoms with Crippen LogP contribution in [0.2, 0.25) is 0 Å². The van der Waals surface area contributed by atoms with Crippen molar-refractivity contribution in [3.8, 4) is 5.75 Å². The number of alkyl halides is 2. The lowest BCUT2D eigenvalue weighted by molar-refractivity contribution is -0.146. The summed E-state index contributed by atoms with van der Waals surface area (Å²) in [4.78, 5) is 28.7. The van der Waals surface area contributed by atoms with Gasteiger partial charge in [0.1, 0.15) is 18.1 Å². The van der Waals surface area contributed by atoms with Crippen molar-refractivity contribution >= 4 is 22.8 Å². The van der Waals surface area contributed by atoms with Gasteiger partial charge in [-0.25, -0.2) is 8.78 Å². The predicted molar refractivity (Wildman–Crippen MR) is 165 cm³/mol. The van der Waals surface area contributed by atoms with E-state index in [1.165, 1.54) is 0 Å². The number of likely N-dealkylation sites (tertiary alicyclic amines) is 1. The molecule has 3 N–H and O–H groups in total. The monoisotopic (exact) mass is 611 g/mol. The van der Waals surface area contributed by atoms with Gasteiger partial charge in [0.05, 0.1) is 24.5 Å². The van der Waals surface area contributed by atoms with Crippen LogP contribution >= 0.6 is 0 Å². The maximum atomic E-state index is 15.4. The number of nitrogens with zero attached hydrogens (tertiary/aromatic N) is 2. The number of nitrogens with one attached hydrogen (secondary N) is 1. The molecule has 5 rings (SSSR count). The summed E-state index contributed by atoms with van der Waals surface area (Å²) in [5.41, 5.74) is 1.89. The predicted octanol–water partition coefficient (Wildman–Crippen LogP) is 6.23. The van der Waals surface area contributed by atoms with Gasteiger partial charge in [-0.2, -0.15) is 0 Å². The lowest BCUT2D eigenvalue weighted by Gasteiger charge is -2.37. The third-order valence-corrected chi connectivity index (χ3v) is 8.77. The van der Waals surface area contributed by atoms with Gasteiger partial charge in [-0.15, -0.1) is 0 Å². The number of rotatable bonds is 11. The molecule has 238 valence electrons. The largest absolute Gasteiger partial charge is 0.497 e. The number of hydrogen-bond acceptors (Lipinski definition) is 6. The van der Waals surface area contributed by atoms with Crippen molar-refractivity contribution in [3.05, 3.63) is 71.9 Å². The Hall–Kier alpha value is -3.63. The number of carboxylic acid groups (broad SMARTS) is 2. The lowest BCUT2D eigenvalue weighted by Crippen LogP contribution is -2.44. The molecule has 10 heteroatoms. The second-order valence-electron chi connectivity index (χ2n) is 11.7. The molecule has 0 amide bonds. The van der Waals surface area contributed by atoms with Crippen molar-refractivity contribution in [2.45, 2.75) is 50.9 Å². The van der Waals surface area contributed by atoms with E-state index in [4.69, 9.17) is 9.84 Å². The van der Waals surface area contributed by atoms with Crippen LogP contribution in [0.1, 0.15) is 62.0 Å². The smallest absolute Gasteiger partial charge is 0.308 e. The first-order valence-corrected chi connectivity index (χ1v) is 15.4. The Bertz CT molecular complexity index is 1360. The molecule has 0 bridgehead atoms. The Balaban J connectivity index is 0.000000421. The number of carbonyl (C=O) groups is 2. The normalized spacial score (nSPS) is 21.9. The Morgan fingerprint density at radius 1 is 1.05 bits per heavy atom. The molecule has 3 aromatic rings. The summed E-state index contributed by atoms with van der Waals surface area (Å²) >= 11 is 0. The SMILES string of the molecule is COc1ccc2nccc(C(F)CC[C@@H]3CCN(CCC(F)c4ccccc4)C[C@@H]3C(=O)O)c2c1.O=C(O)C1CCCNC1. The molecular weight excluding hydrogens is 568 g/mol. The molecule has 0 radical (unpaired) electrons. The van der Waals surface area contributed by atoms with Crippen LogP contribution in [-0.2, 0) is 9.59 Å². The van der Waals surface area contributed by atoms with Gasteiger partial charge in [-0.05, 0) is 92.9 Å². The Morgan fingerprint density at radius 3 is 2.50 bits per heavy atom. The van der Waals surface area contributed by atoms with E-state index in [0.29, 0.717) is 73.2 Å². The minimum absolute atomic E-state index is 0.111. The molecule has 0 spiro atoms. The number of ether oxygens (including phenoxy) is 1. The van der Waals surface area contributed by atoms with Gasteiger partial charge in [0.2, 0.25) is 0 Å². The highest BCUT2D eigenvalue weighted by molar-refractivity contribution is 5.83. The fourth-order valence-electron chi connectivity index (χ4n) is 6.15. The van der Waals surface area contributed by atoms with Gasteiger partial charge < -0.3 is 25.2 Å². The highest BCUT2D eigenvalue weighted by Gasteiger charge is 2.35. The second-order valence-corrected chi connectivity index (χ2v) is 11.7. The molecule has 44 heavy (non-hydrogen) atoms. The summed E-state index contributed by atoms with van der Waals surface area (Å²) in [7, 11) is 1.57. The summed E-state index contributed by atoms with van der Waals surface area (Å²) in [5, 5.41) is 22.1. The van der Waals surface area contributed by atoms with Crippen molar-refractivity contribution in [1.29, 1.82) is 0 Å². The third-order valence-electron chi connectivity index (χ3n) is 8.77. The molecule has 5 atom stereocenters. The van der Waals surface area contributed by atoms with Gasteiger partial charge in [0.15, 0.2) is 0 Å². The standard InChI is InChI=1S/C28H32F2N2O3.C6H11NO2/c1-35-21-8-10-27-23(17-21)22(11-14-31-27)26(30)9-7-19-12-15-32(18-24(19)28(33)34)16-13-25(29)20-5-3-2-4-6-20;8-6(9)5-2-1-3-7-4-5/h2-6,8,10-11,14,17,19,24-26H,7,9,12-13,15-16,18H2,1H3,(H,33,34);5,7H,1-4H2,(H,8,9)/t19-,24+,25?,26?;/m1./s1. The van der Waals surface area contributed by atoms with Gasteiger partial charge in [-0.1, -0.05) is 30.3 Å². The van der Waals surface area contributed by atoms with E-state index >= 15 is 4.39 Å². The lowest BCUT2D eigenvalue weighted by atomic mass is 9.81. The molecule has 2 saturated heterocycles. The number of carboxylic acids is 2. The maximum absolute atomic E-state index is 15.4. The molecule has 0 aliphatic carbocycles. The van der Waals surface area contributed by atoms with Crippen LogP contribution in [0.15, 0.2) is 60.8 Å². The van der Waals surface area contributed by atoms with Gasteiger partial charge in [0, 0.05) is 31.2 Å². The Morgan fingerprint density at radius 2 is 1.84 bits per heavy atom. The van der Waals surface area contributed by atoms with Crippen molar-refractivity contribution < 1.29 is 33.3 Å². The Kier molecular flexibility index (Phi) is 12.4. The van der Waals surface area contributed by atoms with E-state index in [0.717, 1.165) is 19.4 Å². The topological polar surface area (TPSA) is 112 Å². The minimum Gasteiger partial charge on any atom is -0.497 e. The number of aromatic nitrogens is 1. The first-order valence-electron chi connectivity index (χ1n) is 15.4. The van der Waals surface area contributed by atoms with E-state index < -0.39 is 30.2 Å². The molecule has 8 nitrogen and oxygen atoms in total. The molecule has 1 aromatic heterocycles. The third kappa shape index (κ3) is 9.19. The zero-order valence-corrected chi connectivity index (χ0v) is 25.2. The van der Waals surface area contributed by atoms with Gasteiger partial charge in [-0.3, -0.25) is 14.6 Å². The molecule has 3 heterocycles. The number of hydrogen-bond donors (Lipinski definition) is 3. The van der Waals surface area contributed by atoms with E-state index in [1.807, 2.05) is 23.1 Å². The van der Waals surface area contributed by atoms with Crippen LogP contribution in [-0.4, -0.2) is 71.9 Å². The van der Waals surface area contributed by atoms with Crippen LogP contribution in [0.4, 0.5) is 8.78 Å². The number of methoxy groups -OCH3 is 1. The summed E-state index contributed by atoms with van der Waals surface area (Å²) in [6.07, 6.45) is 2.85. The van der Waals surface area contributed by atoms with Crippen LogP contribution in [0, 0.1) is 17.8 Å². The summed E-state index contributed by atoms with van der Waals surface area (Å²) in [6.45, 7) is 3.19. The fourth-order valence-corrected chi connectivity index (χ4v) is 6.15. The van der Waals surface area contributed by atoms with Crippen molar-refractivity contribution in [2.24, 2.45) is 17.8 Å². The Labute approximate surface area is 257 Å². The zero-order valence-electron chi connectivity index (χ0n) is 25.2. The zero-order chi connectivity index (χ0) is 31.5. The van der Waals surface area contributed by atoms with Crippen LogP contribution in [0.25, 0.3) is 10.9 Å². The average Bonchev–Trinajstić information content (AvgIpc) is 3.06. The van der Waals surface area contributed by atoms with Crippen LogP contribution < -0.4 is 10.1 Å². The summed E-state index contributed by atoms with van der Waals surface area (Å²) in [5.74, 6) is -1.73. The number of aliphatic carboxylic acids is 2. The maximum Gasteiger partial charge on any atom is 0.308 e. The molecule has 2 aliphatic heterocycles. The average molecular weight is 612 g/mol. The first-order chi connectivity index (χ1) is 21.3. The van der Waals surface area contributed by atoms with Crippen molar-refractivity contribution in [2.75, 3.05) is 39.8 Å². The van der Waals surface area contributed by atoms with E-state index in [1.54, 1.807) is 49.7 Å². The van der Waals surface area contributed by atoms with Gasteiger partial charge in [0.25, 0.3) is 0 Å². The van der Waals surface area contributed by atoms with Crippen molar-refractivity contribution in [3.63, 3.8) is 0 Å². The minimum atomic E-state index is -1.22. The molecule has 2 aliphatic rings. The highest BCUT2D eigenvalue weighted by Crippen LogP contribution is 2.36. The van der Waals surface area contributed by atoms with Crippen LogP contribution in [0.3, 0.4) is 0 Å². The van der Waals surface area contributed by atoms with E-state index in [-0.39, 0.29) is 18.3 Å². The molecule has 2 aromatic carbocycles. The summed E-state index contributed by atoms with van der Waals surface area (Å²) < 4.78 is 35.2. The fraction of sp³-hybridized carbons (Fsp3) is 0.500. The van der Waals surface area contributed by atoms with E-state index in [2.05, 4.69) is 10.3 Å². The number of pyridine rings is 1. The van der Waals surface area contributed by atoms with Crippen molar-refractivity contribution in [1.82, 2.24) is 15.2 Å². The van der Waals surface area contributed by atoms with E-state index in [9.17, 15) is 19.1 Å². The molecule has 2 fully saturated rings. The molecule has 3 unspecified atom stereocenters. The van der Waals surface area contributed by atoms with Gasteiger partial charge >= 0.3 is 11.9 Å². The number of halogens is 2. The number of benzene rings is 2. The number of fused-ring (bicyclic) bond motifs is 1. The first kappa shape index (κ1) is 33.3. The second kappa shape index (κ2) is 16.4. The molecular formula is C34H43F2N3O5. The summed E-state index contributed by atoms with van der Waals surface area (Å²) in [6, 6.07) is 16.1. The quantitative estimate of drug-likeness (QED) is 0.234.